The number of rotatable bonds is 5. The number of benzene rings is 1. The van der Waals surface area contributed by atoms with Gasteiger partial charge < -0.3 is 10.5 Å². The molecule has 21 heavy (non-hydrogen) atoms. The third-order valence-electron chi connectivity index (χ3n) is 3.12. The average Bonchev–Trinajstić information content (AvgIpc) is 2.69. The molecule has 120 valence electrons. The Morgan fingerprint density at radius 3 is 2.81 bits per heavy atom. The first-order valence-corrected chi connectivity index (χ1v) is 8.40. The fraction of sp³-hybridized carbons (Fsp3) is 0.538. The van der Waals surface area contributed by atoms with E-state index in [1.54, 1.807) is 6.07 Å². The van der Waals surface area contributed by atoms with Crippen molar-refractivity contribution in [1.29, 1.82) is 0 Å². The number of sulfonamides is 1. The first kappa shape index (κ1) is 18.5. The highest BCUT2D eigenvalue weighted by atomic mass is 35.5. The van der Waals surface area contributed by atoms with Crippen LogP contribution in [0.4, 0.5) is 0 Å². The fourth-order valence-corrected chi connectivity index (χ4v) is 3.59. The van der Waals surface area contributed by atoms with E-state index in [9.17, 15) is 8.42 Å². The molecule has 2 rings (SSSR count). The van der Waals surface area contributed by atoms with E-state index in [2.05, 4.69) is 4.72 Å². The third-order valence-corrected chi connectivity index (χ3v) is 4.84. The largest absolute Gasteiger partial charge is 0.489 e. The van der Waals surface area contributed by atoms with E-state index in [0.717, 1.165) is 5.56 Å². The van der Waals surface area contributed by atoms with Crippen molar-refractivity contribution in [1.82, 2.24) is 4.72 Å². The molecule has 0 aliphatic carbocycles. The van der Waals surface area contributed by atoms with Crippen molar-refractivity contribution in [2.45, 2.75) is 43.7 Å². The zero-order valence-electron chi connectivity index (χ0n) is 11.9. The lowest BCUT2D eigenvalue weighted by molar-refractivity contribution is 0.255. The predicted octanol–water partition coefficient (Wildman–Crippen LogP) is 2.10. The molecule has 1 aromatic rings. The zero-order valence-corrected chi connectivity index (χ0v) is 14.3. The van der Waals surface area contributed by atoms with Crippen molar-refractivity contribution in [2.24, 2.45) is 5.73 Å². The van der Waals surface area contributed by atoms with Gasteiger partial charge in [-0.1, -0.05) is 11.6 Å². The van der Waals surface area contributed by atoms with Crippen LogP contribution in [0.15, 0.2) is 17.0 Å². The standard InChI is InChI=1S/C13H19ClN2O3S.ClH/c1-8(15)3-4-16-20(17,18)11-6-10-5-9(2)19-13(10)12(14)7-11;/h6-9,16H,3-5,15H2,1-2H3;1H. The van der Waals surface area contributed by atoms with Gasteiger partial charge in [0.15, 0.2) is 0 Å². The number of nitrogens with two attached hydrogens (primary N) is 1. The maximum absolute atomic E-state index is 12.2. The third kappa shape index (κ3) is 4.47. The second-order valence-corrected chi connectivity index (χ2v) is 7.36. The molecule has 0 radical (unpaired) electrons. The molecule has 0 spiro atoms. The minimum Gasteiger partial charge on any atom is -0.489 e. The van der Waals surface area contributed by atoms with Gasteiger partial charge >= 0.3 is 0 Å². The van der Waals surface area contributed by atoms with Crippen LogP contribution in [0.25, 0.3) is 0 Å². The van der Waals surface area contributed by atoms with Gasteiger partial charge in [0.25, 0.3) is 0 Å². The summed E-state index contributed by atoms with van der Waals surface area (Å²) in [6.45, 7) is 4.06. The Morgan fingerprint density at radius 2 is 2.19 bits per heavy atom. The van der Waals surface area contributed by atoms with Crippen molar-refractivity contribution >= 4 is 34.0 Å². The van der Waals surface area contributed by atoms with Crippen molar-refractivity contribution in [3.63, 3.8) is 0 Å². The minimum absolute atomic E-state index is 0. The SMILES string of the molecule is CC(N)CCNS(=O)(=O)c1cc(Cl)c2c(c1)CC(C)O2.Cl. The molecule has 8 heteroatoms. The molecule has 1 aliphatic heterocycles. The number of hydrogen-bond acceptors (Lipinski definition) is 4. The maximum atomic E-state index is 12.2. The van der Waals surface area contributed by atoms with Crippen molar-refractivity contribution in [2.75, 3.05) is 6.54 Å². The Balaban J connectivity index is 0.00000220. The van der Waals surface area contributed by atoms with E-state index >= 15 is 0 Å². The molecular weight excluding hydrogens is 335 g/mol. The summed E-state index contributed by atoms with van der Waals surface area (Å²) in [6, 6.07) is 3.00. The Bertz CT molecular complexity index is 606. The molecule has 0 bridgehead atoms. The quantitative estimate of drug-likeness (QED) is 0.848. The summed E-state index contributed by atoms with van der Waals surface area (Å²) in [5.74, 6) is 0.591. The number of hydrogen-bond donors (Lipinski definition) is 2. The summed E-state index contributed by atoms with van der Waals surface area (Å²) in [4.78, 5) is 0.170. The Morgan fingerprint density at radius 1 is 1.52 bits per heavy atom. The minimum atomic E-state index is -3.56. The number of fused-ring (bicyclic) bond motifs is 1. The number of ether oxygens (including phenoxy) is 1. The van der Waals surface area contributed by atoms with Crippen LogP contribution in [0.1, 0.15) is 25.8 Å². The Hall–Kier alpha value is -0.530. The molecule has 0 amide bonds. The lowest BCUT2D eigenvalue weighted by Gasteiger charge is -2.10. The molecule has 0 aromatic heterocycles. The molecule has 3 N–H and O–H groups in total. The first-order chi connectivity index (χ1) is 9.29. The molecular formula is C13H20Cl2N2O3S. The molecule has 2 atom stereocenters. The van der Waals surface area contributed by atoms with Crippen LogP contribution >= 0.6 is 24.0 Å². The van der Waals surface area contributed by atoms with Gasteiger partial charge in [-0.25, -0.2) is 13.1 Å². The Kier molecular flexibility index (Phi) is 6.31. The van der Waals surface area contributed by atoms with Gasteiger partial charge in [-0.15, -0.1) is 12.4 Å². The molecule has 1 aromatic carbocycles. The first-order valence-electron chi connectivity index (χ1n) is 6.54. The Labute approximate surface area is 136 Å². The van der Waals surface area contributed by atoms with Crippen LogP contribution in [-0.4, -0.2) is 27.1 Å². The lowest BCUT2D eigenvalue weighted by Crippen LogP contribution is -2.29. The summed E-state index contributed by atoms with van der Waals surface area (Å²) in [5.41, 5.74) is 6.43. The van der Waals surface area contributed by atoms with Gasteiger partial charge in [0, 0.05) is 24.6 Å². The summed E-state index contributed by atoms with van der Waals surface area (Å²) >= 11 is 6.09. The van der Waals surface area contributed by atoms with Crippen LogP contribution in [-0.2, 0) is 16.4 Å². The van der Waals surface area contributed by atoms with E-state index in [-0.39, 0.29) is 29.4 Å². The number of halogens is 2. The van der Waals surface area contributed by atoms with Crippen molar-refractivity contribution < 1.29 is 13.2 Å². The van der Waals surface area contributed by atoms with Gasteiger partial charge in [-0.2, -0.15) is 0 Å². The summed E-state index contributed by atoms with van der Waals surface area (Å²) < 4.78 is 32.5. The molecule has 5 nitrogen and oxygen atoms in total. The van der Waals surface area contributed by atoms with Gasteiger partial charge in [0.05, 0.1) is 9.92 Å². The molecule has 1 heterocycles. The fourth-order valence-electron chi connectivity index (χ4n) is 2.12. The van der Waals surface area contributed by atoms with E-state index in [0.29, 0.717) is 30.2 Å². The van der Waals surface area contributed by atoms with Gasteiger partial charge in [-0.05, 0) is 32.4 Å². The van der Waals surface area contributed by atoms with Crippen LogP contribution in [0.3, 0.4) is 0 Å². The second kappa shape index (κ2) is 7.15. The monoisotopic (exact) mass is 354 g/mol. The summed E-state index contributed by atoms with van der Waals surface area (Å²) in [6.07, 6.45) is 1.27. The molecule has 0 saturated heterocycles. The maximum Gasteiger partial charge on any atom is 0.240 e. The van der Waals surface area contributed by atoms with E-state index in [4.69, 9.17) is 22.1 Å². The highest BCUT2D eigenvalue weighted by molar-refractivity contribution is 7.89. The van der Waals surface area contributed by atoms with Crippen LogP contribution in [0.5, 0.6) is 5.75 Å². The van der Waals surface area contributed by atoms with Crippen LogP contribution in [0, 0.1) is 0 Å². The van der Waals surface area contributed by atoms with Gasteiger partial charge in [0.2, 0.25) is 10.0 Å². The smallest absolute Gasteiger partial charge is 0.240 e. The topological polar surface area (TPSA) is 81.4 Å². The highest BCUT2D eigenvalue weighted by Gasteiger charge is 2.25. The number of nitrogens with one attached hydrogen (secondary N) is 1. The molecule has 1 aliphatic rings. The molecule has 0 saturated carbocycles. The van der Waals surface area contributed by atoms with Crippen molar-refractivity contribution in [3.8, 4) is 5.75 Å². The molecule has 2 unspecified atom stereocenters. The van der Waals surface area contributed by atoms with E-state index in [1.165, 1.54) is 6.07 Å². The average molecular weight is 355 g/mol. The summed E-state index contributed by atoms with van der Waals surface area (Å²) in [7, 11) is -3.56. The second-order valence-electron chi connectivity index (χ2n) is 5.19. The van der Waals surface area contributed by atoms with E-state index in [1.807, 2.05) is 13.8 Å². The normalized spacial score (nSPS) is 18.6. The summed E-state index contributed by atoms with van der Waals surface area (Å²) in [5, 5.41) is 0.333. The zero-order chi connectivity index (χ0) is 14.9. The van der Waals surface area contributed by atoms with Crippen molar-refractivity contribution in [3.05, 3.63) is 22.7 Å². The highest BCUT2D eigenvalue weighted by Crippen LogP contribution is 2.37. The van der Waals surface area contributed by atoms with Gasteiger partial charge in [-0.3, -0.25) is 0 Å². The lowest BCUT2D eigenvalue weighted by atomic mass is 10.1. The molecule has 0 fully saturated rings. The van der Waals surface area contributed by atoms with Gasteiger partial charge in [0.1, 0.15) is 11.9 Å². The van der Waals surface area contributed by atoms with Crippen LogP contribution < -0.4 is 15.2 Å². The van der Waals surface area contributed by atoms with Crippen LogP contribution in [0.2, 0.25) is 5.02 Å². The van der Waals surface area contributed by atoms with E-state index < -0.39 is 10.0 Å². The predicted molar refractivity (Wildman–Crippen MR) is 85.9 cm³/mol.